The summed E-state index contributed by atoms with van der Waals surface area (Å²) in [5.41, 5.74) is 1.45. The first kappa shape index (κ1) is 16.6. The predicted octanol–water partition coefficient (Wildman–Crippen LogP) is 1.16. The van der Waals surface area contributed by atoms with E-state index in [1.165, 1.54) is 0 Å². The lowest BCUT2D eigenvalue weighted by molar-refractivity contribution is -0.184. The van der Waals surface area contributed by atoms with E-state index in [-0.39, 0.29) is 12.0 Å². The molecule has 6 heteroatoms. The highest BCUT2D eigenvalue weighted by molar-refractivity contribution is 5.92. The number of carbonyl (C=O) groups excluding carboxylic acids is 1. The van der Waals surface area contributed by atoms with Crippen LogP contribution in [0.2, 0.25) is 0 Å². The van der Waals surface area contributed by atoms with Crippen molar-refractivity contribution in [1.82, 2.24) is 10.3 Å². The normalized spacial score (nSPS) is 21.3. The average molecular weight is 306 g/mol. The fraction of sp³-hybridized carbons (Fsp3) is 0.500. The zero-order chi connectivity index (χ0) is 15.8. The van der Waals surface area contributed by atoms with Crippen molar-refractivity contribution in [3.05, 3.63) is 42.2 Å². The molecular formula is C16H22N2O4. The molecule has 2 atom stereocenters. The van der Waals surface area contributed by atoms with Crippen molar-refractivity contribution >= 4 is 5.91 Å². The lowest BCUT2D eigenvalue weighted by atomic mass is 10.1. The number of nitrogens with one attached hydrogen (secondary N) is 1. The Bertz CT molecular complexity index is 492. The SMILES string of the molecule is C=C(CCOC1CC(O)CCO1)C(=O)NCc1ccncc1. The molecule has 0 aromatic carbocycles. The van der Waals surface area contributed by atoms with E-state index >= 15 is 0 Å². The van der Waals surface area contributed by atoms with Gasteiger partial charge in [-0.2, -0.15) is 0 Å². The zero-order valence-corrected chi connectivity index (χ0v) is 12.5. The molecule has 1 fully saturated rings. The number of hydrogen-bond acceptors (Lipinski definition) is 5. The number of amides is 1. The van der Waals surface area contributed by atoms with Crippen LogP contribution in [0.25, 0.3) is 0 Å². The van der Waals surface area contributed by atoms with Gasteiger partial charge in [0.15, 0.2) is 6.29 Å². The molecule has 1 amide bonds. The molecule has 120 valence electrons. The third-order valence-electron chi connectivity index (χ3n) is 3.45. The molecule has 1 aliphatic rings. The van der Waals surface area contributed by atoms with Gasteiger partial charge in [-0.05, 0) is 24.1 Å². The van der Waals surface area contributed by atoms with Crippen molar-refractivity contribution < 1.29 is 19.4 Å². The first-order valence-electron chi connectivity index (χ1n) is 7.41. The summed E-state index contributed by atoms with van der Waals surface area (Å²) in [5, 5.41) is 12.3. The van der Waals surface area contributed by atoms with E-state index in [1.54, 1.807) is 12.4 Å². The molecule has 1 aromatic heterocycles. The monoisotopic (exact) mass is 306 g/mol. The van der Waals surface area contributed by atoms with Gasteiger partial charge in [0.25, 0.3) is 0 Å². The van der Waals surface area contributed by atoms with Crippen molar-refractivity contribution in [1.29, 1.82) is 0 Å². The molecule has 0 radical (unpaired) electrons. The van der Waals surface area contributed by atoms with Gasteiger partial charge in [0.2, 0.25) is 5.91 Å². The van der Waals surface area contributed by atoms with Crippen LogP contribution in [-0.2, 0) is 20.8 Å². The minimum Gasteiger partial charge on any atom is -0.393 e. The highest BCUT2D eigenvalue weighted by Crippen LogP contribution is 2.15. The van der Waals surface area contributed by atoms with Gasteiger partial charge >= 0.3 is 0 Å². The summed E-state index contributed by atoms with van der Waals surface area (Å²) >= 11 is 0. The fourth-order valence-electron chi connectivity index (χ4n) is 2.09. The van der Waals surface area contributed by atoms with Gasteiger partial charge in [-0.3, -0.25) is 9.78 Å². The Kier molecular flexibility index (Phi) is 6.51. The quantitative estimate of drug-likeness (QED) is 0.739. The Morgan fingerprint density at radius 2 is 2.27 bits per heavy atom. The number of aliphatic hydroxyl groups excluding tert-OH is 1. The second-order valence-electron chi connectivity index (χ2n) is 5.24. The van der Waals surface area contributed by atoms with Gasteiger partial charge in [0.05, 0.1) is 19.3 Å². The van der Waals surface area contributed by atoms with E-state index in [4.69, 9.17) is 9.47 Å². The molecule has 2 unspecified atom stereocenters. The Morgan fingerprint density at radius 1 is 1.50 bits per heavy atom. The summed E-state index contributed by atoms with van der Waals surface area (Å²) < 4.78 is 10.9. The van der Waals surface area contributed by atoms with Crippen LogP contribution in [0.15, 0.2) is 36.7 Å². The molecule has 1 aromatic rings. The largest absolute Gasteiger partial charge is 0.393 e. The minimum absolute atomic E-state index is 0.190. The standard InChI is InChI=1S/C16H22N2O4/c1-12(4-8-21-15-10-14(19)5-9-22-15)16(20)18-11-13-2-6-17-7-3-13/h2-3,6-7,14-15,19H,1,4-5,8-11H2,(H,18,20). The molecule has 0 spiro atoms. The van der Waals surface area contributed by atoms with E-state index in [0.29, 0.717) is 44.6 Å². The topological polar surface area (TPSA) is 80.7 Å². The summed E-state index contributed by atoms with van der Waals surface area (Å²) in [5.74, 6) is -0.190. The van der Waals surface area contributed by atoms with Crippen LogP contribution in [-0.4, -0.2) is 41.6 Å². The Hall–Kier alpha value is -1.76. The van der Waals surface area contributed by atoms with Crippen LogP contribution in [0.5, 0.6) is 0 Å². The van der Waals surface area contributed by atoms with E-state index in [0.717, 1.165) is 5.56 Å². The Morgan fingerprint density at radius 3 is 3.00 bits per heavy atom. The Balaban J connectivity index is 1.63. The molecule has 0 aliphatic carbocycles. The number of pyridine rings is 1. The lowest BCUT2D eigenvalue weighted by Crippen LogP contribution is -2.31. The van der Waals surface area contributed by atoms with Gasteiger partial charge in [-0.1, -0.05) is 6.58 Å². The van der Waals surface area contributed by atoms with Crippen molar-refractivity contribution in [2.45, 2.75) is 38.2 Å². The highest BCUT2D eigenvalue weighted by atomic mass is 16.7. The number of hydrogen-bond donors (Lipinski definition) is 2. The maximum Gasteiger partial charge on any atom is 0.246 e. The average Bonchev–Trinajstić information content (AvgIpc) is 2.53. The van der Waals surface area contributed by atoms with Crippen LogP contribution in [0, 0.1) is 0 Å². The first-order valence-corrected chi connectivity index (χ1v) is 7.41. The third-order valence-corrected chi connectivity index (χ3v) is 3.45. The molecule has 22 heavy (non-hydrogen) atoms. The van der Waals surface area contributed by atoms with E-state index in [9.17, 15) is 9.90 Å². The number of ether oxygens (including phenoxy) is 2. The minimum atomic E-state index is -0.392. The summed E-state index contributed by atoms with van der Waals surface area (Å²) in [4.78, 5) is 15.8. The highest BCUT2D eigenvalue weighted by Gasteiger charge is 2.21. The molecule has 1 aliphatic heterocycles. The first-order chi connectivity index (χ1) is 10.6. The second kappa shape index (κ2) is 8.63. The van der Waals surface area contributed by atoms with E-state index < -0.39 is 6.29 Å². The Labute approximate surface area is 130 Å². The molecule has 2 heterocycles. The molecule has 2 N–H and O–H groups in total. The van der Waals surface area contributed by atoms with Crippen LogP contribution in [0.4, 0.5) is 0 Å². The van der Waals surface area contributed by atoms with Crippen LogP contribution >= 0.6 is 0 Å². The van der Waals surface area contributed by atoms with Gasteiger partial charge in [-0.15, -0.1) is 0 Å². The summed E-state index contributed by atoms with van der Waals surface area (Å²) in [6.45, 7) is 5.06. The molecule has 1 saturated heterocycles. The van der Waals surface area contributed by atoms with Gasteiger partial charge in [0.1, 0.15) is 0 Å². The smallest absolute Gasteiger partial charge is 0.246 e. The summed E-state index contributed by atoms with van der Waals surface area (Å²) in [7, 11) is 0. The number of rotatable bonds is 7. The fourth-order valence-corrected chi connectivity index (χ4v) is 2.09. The lowest BCUT2D eigenvalue weighted by Gasteiger charge is -2.26. The maximum atomic E-state index is 11.9. The second-order valence-corrected chi connectivity index (χ2v) is 5.24. The van der Waals surface area contributed by atoms with E-state index in [2.05, 4.69) is 16.9 Å². The number of aliphatic hydroxyl groups is 1. The van der Waals surface area contributed by atoms with Crippen molar-refractivity contribution in [3.63, 3.8) is 0 Å². The molecule has 0 saturated carbocycles. The van der Waals surface area contributed by atoms with Crippen LogP contribution in [0.1, 0.15) is 24.8 Å². The number of nitrogens with zero attached hydrogens (tertiary/aromatic N) is 1. The van der Waals surface area contributed by atoms with Crippen molar-refractivity contribution in [2.75, 3.05) is 13.2 Å². The molecule has 6 nitrogen and oxygen atoms in total. The van der Waals surface area contributed by atoms with E-state index in [1.807, 2.05) is 12.1 Å². The third kappa shape index (κ3) is 5.55. The zero-order valence-electron chi connectivity index (χ0n) is 12.5. The van der Waals surface area contributed by atoms with Crippen LogP contribution < -0.4 is 5.32 Å². The van der Waals surface area contributed by atoms with Gasteiger partial charge in [-0.25, -0.2) is 0 Å². The predicted molar refractivity (Wildman–Crippen MR) is 80.8 cm³/mol. The maximum absolute atomic E-state index is 11.9. The molecular weight excluding hydrogens is 284 g/mol. The summed E-state index contributed by atoms with van der Waals surface area (Å²) in [6.07, 6.45) is 4.15. The number of aromatic nitrogens is 1. The van der Waals surface area contributed by atoms with Gasteiger partial charge < -0.3 is 19.9 Å². The van der Waals surface area contributed by atoms with Gasteiger partial charge in [0, 0.05) is 37.4 Å². The summed E-state index contributed by atoms with van der Waals surface area (Å²) in [6, 6.07) is 3.69. The molecule has 2 rings (SSSR count). The van der Waals surface area contributed by atoms with Crippen molar-refractivity contribution in [2.24, 2.45) is 0 Å². The van der Waals surface area contributed by atoms with Crippen molar-refractivity contribution in [3.8, 4) is 0 Å². The number of carbonyl (C=O) groups is 1. The van der Waals surface area contributed by atoms with Crippen LogP contribution in [0.3, 0.4) is 0 Å². The molecule has 0 bridgehead atoms.